The Kier molecular flexibility index (Phi) is 9.07. The molecule has 0 radical (unpaired) electrons. The largest absolute Gasteiger partial charge is 1.00 e. The van der Waals surface area contributed by atoms with Crippen LogP contribution in [-0.4, -0.2) is 0 Å². The molecule has 51 heavy (non-hydrogen) atoms. The van der Waals surface area contributed by atoms with E-state index in [-0.39, 0.29) is 24.8 Å². The number of benzene rings is 4. The summed E-state index contributed by atoms with van der Waals surface area (Å²) in [7, 11) is 0. The van der Waals surface area contributed by atoms with Crippen molar-refractivity contribution in [2.24, 2.45) is 0 Å². The van der Waals surface area contributed by atoms with Crippen LogP contribution in [0.1, 0.15) is 34.1 Å². The van der Waals surface area contributed by atoms with Gasteiger partial charge in [0.1, 0.15) is 0 Å². The Morgan fingerprint density at radius 1 is 0.412 bits per heavy atom. The third-order valence-corrected chi connectivity index (χ3v) is 14.1. The Labute approximate surface area is 321 Å². The molecule has 0 spiro atoms. The van der Waals surface area contributed by atoms with E-state index >= 15 is 0 Å². The Hall–Kier alpha value is -4.66. The first-order valence-electron chi connectivity index (χ1n) is 16.8. The zero-order valence-electron chi connectivity index (χ0n) is 27.4. The van der Waals surface area contributed by atoms with Gasteiger partial charge in [0, 0.05) is 0 Å². The van der Waals surface area contributed by atoms with Crippen LogP contribution in [0.3, 0.4) is 0 Å². The van der Waals surface area contributed by atoms with E-state index in [1.807, 2.05) is 12.1 Å². The number of hydrogen-bond donors (Lipinski definition) is 0. The fourth-order valence-electron chi connectivity index (χ4n) is 7.71. The molecule has 2 heterocycles. The number of furan rings is 2. The quantitative estimate of drug-likeness (QED) is 0.202. The van der Waals surface area contributed by atoms with Crippen molar-refractivity contribution in [3.8, 4) is 45.3 Å². The molecule has 4 aliphatic carbocycles. The van der Waals surface area contributed by atoms with Gasteiger partial charge in [-0.1, -0.05) is 0 Å². The van der Waals surface area contributed by atoms with Crippen LogP contribution in [0.15, 0.2) is 190 Å². The van der Waals surface area contributed by atoms with Crippen molar-refractivity contribution in [2.45, 2.75) is 11.8 Å². The molecule has 0 saturated heterocycles. The minimum Gasteiger partial charge on any atom is -1.00 e. The molecule has 6 aromatic rings. The maximum Gasteiger partial charge on any atom is -1.00 e. The summed E-state index contributed by atoms with van der Waals surface area (Å²) in [6, 6.07) is 43.0. The van der Waals surface area contributed by atoms with Crippen LogP contribution in [-0.2, 0) is 23.2 Å². The van der Waals surface area contributed by atoms with Gasteiger partial charge in [0.25, 0.3) is 0 Å². The monoisotopic (exact) mass is 774 g/mol. The Morgan fingerprint density at radius 2 is 0.824 bits per heavy atom. The molecular formula is C46H30Cl2O2Zr. The summed E-state index contributed by atoms with van der Waals surface area (Å²) < 4.78 is 16.0. The first kappa shape index (κ1) is 33.5. The zero-order chi connectivity index (χ0) is 32.3. The van der Waals surface area contributed by atoms with Gasteiger partial charge in [0.2, 0.25) is 0 Å². The minimum absolute atomic E-state index is 0. The van der Waals surface area contributed by atoms with Crippen molar-refractivity contribution >= 4 is 6.56 Å². The smallest absolute Gasteiger partial charge is 1.00 e. The molecule has 4 aliphatic rings. The summed E-state index contributed by atoms with van der Waals surface area (Å²) in [5, 5.41) is 0. The minimum atomic E-state index is -1.32. The number of rotatable bonds is 6. The summed E-state index contributed by atoms with van der Waals surface area (Å²) in [6.07, 6.45) is 18.3. The van der Waals surface area contributed by atoms with Crippen LogP contribution in [0.4, 0.5) is 0 Å². The maximum atomic E-state index is 6.44. The second-order valence-electron chi connectivity index (χ2n) is 12.9. The van der Waals surface area contributed by atoms with Crippen LogP contribution in [0.5, 0.6) is 0 Å². The fraction of sp³-hybridized carbons (Fsp3) is 0.0435. The number of allylic oxidation sites excluding steroid dienone is 10. The van der Waals surface area contributed by atoms with Gasteiger partial charge in [-0.05, 0) is 0 Å². The van der Waals surface area contributed by atoms with Gasteiger partial charge in [-0.2, -0.15) is 0 Å². The van der Waals surface area contributed by atoms with Crippen molar-refractivity contribution < 1.29 is 56.9 Å². The van der Waals surface area contributed by atoms with Gasteiger partial charge in [-0.3, -0.25) is 0 Å². The Balaban J connectivity index is 0.00000187. The van der Waals surface area contributed by atoms with Gasteiger partial charge < -0.3 is 24.8 Å². The summed E-state index contributed by atoms with van der Waals surface area (Å²) in [6.45, 7) is 0. The van der Waals surface area contributed by atoms with Gasteiger partial charge >= 0.3 is 299 Å². The molecule has 2 aromatic heterocycles. The summed E-state index contributed by atoms with van der Waals surface area (Å²) in [5.74, 6) is 4.21. The van der Waals surface area contributed by atoms with Crippen molar-refractivity contribution in [3.05, 3.63) is 203 Å². The summed E-state index contributed by atoms with van der Waals surface area (Å²) >= 11 is -1.32. The van der Waals surface area contributed by atoms with Crippen molar-refractivity contribution in [2.75, 3.05) is 0 Å². The maximum absolute atomic E-state index is 6.44. The molecule has 5 heteroatoms. The molecule has 0 bridgehead atoms. The Bertz CT molecular complexity index is 2300. The molecule has 244 valence electrons. The van der Waals surface area contributed by atoms with Crippen LogP contribution >= 0.6 is 0 Å². The van der Waals surface area contributed by atoms with Crippen molar-refractivity contribution in [1.29, 1.82) is 0 Å². The SMILES string of the molecule is C1=CC2=[C]([Zr+2][C]3=C4C=CC=CC4c4ccc(-c5ccc(-c6ccccc6)o5)cc43)c3cc(-c4ccc(-c5ccccc5)o4)ccc3C2C=C1.[Cl-].[Cl-]. The predicted octanol–water partition coefficient (Wildman–Crippen LogP) is 6.20. The predicted molar refractivity (Wildman–Crippen MR) is 195 cm³/mol. The third kappa shape index (κ3) is 5.79. The van der Waals surface area contributed by atoms with Crippen LogP contribution < -0.4 is 24.8 Å². The van der Waals surface area contributed by atoms with E-state index in [1.54, 1.807) is 6.56 Å². The van der Waals surface area contributed by atoms with E-state index in [1.165, 1.54) is 33.4 Å². The average molecular weight is 777 g/mol. The normalized spacial score (nSPS) is 17.3. The zero-order valence-corrected chi connectivity index (χ0v) is 31.4. The molecule has 2 nitrogen and oxygen atoms in total. The van der Waals surface area contributed by atoms with E-state index in [4.69, 9.17) is 8.83 Å². The van der Waals surface area contributed by atoms with Crippen molar-refractivity contribution in [3.63, 3.8) is 0 Å². The van der Waals surface area contributed by atoms with Gasteiger partial charge in [-0.25, -0.2) is 0 Å². The van der Waals surface area contributed by atoms with Crippen LogP contribution in [0.2, 0.25) is 0 Å². The topological polar surface area (TPSA) is 26.3 Å². The van der Waals surface area contributed by atoms with Crippen LogP contribution in [0.25, 0.3) is 51.9 Å². The third-order valence-electron chi connectivity index (χ3n) is 10.1. The molecule has 0 aliphatic heterocycles. The second-order valence-corrected chi connectivity index (χ2v) is 16.0. The Morgan fingerprint density at radius 3 is 1.25 bits per heavy atom. The first-order chi connectivity index (χ1) is 24.3. The molecule has 2 atom stereocenters. The van der Waals surface area contributed by atoms with Crippen molar-refractivity contribution in [1.82, 2.24) is 0 Å². The van der Waals surface area contributed by atoms with Gasteiger partial charge in [0.15, 0.2) is 0 Å². The average Bonchev–Trinajstić information content (AvgIpc) is 3.97. The fourth-order valence-corrected chi connectivity index (χ4v) is 11.9. The number of hydrogen-bond acceptors (Lipinski definition) is 2. The van der Waals surface area contributed by atoms with E-state index in [9.17, 15) is 0 Å². The molecule has 0 amide bonds. The van der Waals surface area contributed by atoms with E-state index in [0.717, 1.165) is 45.3 Å². The molecule has 0 N–H and O–H groups in total. The molecule has 2 unspecified atom stereocenters. The molecule has 4 aromatic carbocycles. The number of halogens is 2. The number of fused-ring (bicyclic) bond motifs is 6. The van der Waals surface area contributed by atoms with E-state index < -0.39 is 23.2 Å². The molecule has 0 saturated carbocycles. The second kappa shape index (κ2) is 13.8. The van der Waals surface area contributed by atoms with E-state index in [2.05, 4.69) is 158 Å². The summed E-state index contributed by atoms with van der Waals surface area (Å²) in [5.41, 5.74) is 13.0. The van der Waals surface area contributed by atoms with E-state index in [0.29, 0.717) is 11.8 Å². The van der Waals surface area contributed by atoms with Crippen LogP contribution in [0, 0.1) is 0 Å². The molecule has 10 rings (SSSR count). The molecule has 0 fully saturated rings. The standard InChI is InChI=1S/2C23H15O.2ClH.Zr/c2*1-2-6-16(7-3-1)22-12-13-23(24-22)18-10-11-21-19(15-18)14-17-8-4-5-9-20(17)21;;;/h2*1-13,15,20H;2*1H;/q;;;;+2/p-2. The molecular weight excluding hydrogens is 747 g/mol. The van der Waals surface area contributed by atoms with Gasteiger partial charge in [-0.15, -0.1) is 0 Å². The first-order valence-corrected chi connectivity index (χ1v) is 19.3. The van der Waals surface area contributed by atoms with Gasteiger partial charge in [0.05, 0.1) is 0 Å². The summed E-state index contributed by atoms with van der Waals surface area (Å²) in [4.78, 5) is 0.